The number of alkyl halides is 1. The smallest absolute Gasteiger partial charge is 0.412 e. The summed E-state index contributed by atoms with van der Waals surface area (Å²) in [5, 5.41) is 0.359. The SMILES string of the molecule is CN(C(=O)CBr)c1cc[c]([Ge])cc1.O.O.O. The van der Waals surface area contributed by atoms with Crippen LogP contribution in [0.4, 0.5) is 5.69 Å². The minimum atomic E-state index is 0. The zero-order valence-corrected chi connectivity index (χ0v) is 12.4. The van der Waals surface area contributed by atoms with E-state index in [1.54, 1.807) is 11.9 Å². The van der Waals surface area contributed by atoms with Gasteiger partial charge in [0, 0.05) is 0 Å². The largest absolute Gasteiger partial charge is 0.412 e. The fourth-order valence-corrected chi connectivity index (χ4v) is 1.64. The molecule has 1 aromatic carbocycles. The number of hydrogen-bond acceptors (Lipinski definition) is 1. The molecule has 0 spiro atoms. The Hall–Kier alpha value is -0.407. The van der Waals surface area contributed by atoms with Gasteiger partial charge in [0.15, 0.2) is 0 Å². The van der Waals surface area contributed by atoms with Gasteiger partial charge in [-0.1, -0.05) is 0 Å². The van der Waals surface area contributed by atoms with Crippen molar-refractivity contribution in [3.05, 3.63) is 24.3 Å². The molecular formula is C9H15BrGeNO4. The van der Waals surface area contributed by atoms with E-state index in [1.807, 2.05) is 40.8 Å². The quantitative estimate of drug-likeness (QED) is 0.460. The van der Waals surface area contributed by atoms with Crippen LogP contribution in [0.3, 0.4) is 0 Å². The molecule has 0 heterocycles. The maximum Gasteiger partial charge on any atom is -0.412 e. The van der Waals surface area contributed by atoms with Crippen molar-refractivity contribution < 1.29 is 21.2 Å². The number of hydrogen-bond donors (Lipinski definition) is 0. The third-order valence-electron chi connectivity index (χ3n) is 1.74. The first kappa shape index (κ1) is 20.9. The molecule has 0 aliphatic heterocycles. The summed E-state index contributed by atoms with van der Waals surface area (Å²) in [4.78, 5) is 12.9. The normalized spacial score (nSPS) is 7.94. The number of nitrogens with zero attached hydrogens (tertiary/aromatic N) is 1. The van der Waals surface area contributed by atoms with Crippen molar-refractivity contribution in [1.29, 1.82) is 0 Å². The molecule has 1 rings (SSSR count). The predicted octanol–water partition coefficient (Wildman–Crippen LogP) is -1.64. The molecule has 16 heavy (non-hydrogen) atoms. The Kier molecular flexibility index (Phi) is 12.8. The molecule has 0 aromatic heterocycles. The summed E-state index contributed by atoms with van der Waals surface area (Å²) in [5.41, 5.74) is 0.926. The molecule has 1 amide bonds. The first-order valence-electron chi connectivity index (χ1n) is 3.79. The molecular weight excluding hydrogens is 339 g/mol. The number of benzene rings is 1. The maximum absolute atomic E-state index is 11.3. The molecule has 0 aliphatic rings. The molecule has 0 saturated carbocycles. The van der Waals surface area contributed by atoms with Crippen molar-refractivity contribution in [3.63, 3.8) is 0 Å². The van der Waals surface area contributed by atoms with Crippen molar-refractivity contribution in [1.82, 2.24) is 0 Å². The van der Waals surface area contributed by atoms with Crippen molar-refractivity contribution >= 4 is 48.4 Å². The number of rotatable bonds is 2. The third-order valence-corrected chi connectivity index (χ3v) is 2.92. The van der Waals surface area contributed by atoms with E-state index in [2.05, 4.69) is 15.9 Å². The topological polar surface area (TPSA) is 115 Å². The Morgan fingerprint density at radius 3 is 2.06 bits per heavy atom. The average molecular weight is 354 g/mol. The molecule has 0 fully saturated rings. The summed E-state index contributed by atoms with van der Waals surface area (Å²) >= 11 is 5.16. The van der Waals surface area contributed by atoms with Crippen LogP contribution < -0.4 is 9.30 Å². The fourth-order valence-electron chi connectivity index (χ4n) is 0.919. The molecule has 7 heteroatoms. The van der Waals surface area contributed by atoms with E-state index >= 15 is 0 Å². The van der Waals surface area contributed by atoms with Crippen LogP contribution in [0.25, 0.3) is 0 Å². The van der Waals surface area contributed by atoms with Gasteiger partial charge in [0.2, 0.25) is 0 Å². The van der Waals surface area contributed by atoms with Crippen LogP contribution in [0.1, 0.15) is 0 Å². The third kappa shape index (κ3) is 5.62. The first-order chi connectivity index (χ1) is 6.15. The van der Waals surface area contributed by atoms with Crippen molar-refractivity contribution in [3.8, 4) is 0 Å². The molecule has 5 nitrogen and oxygen atoms in total. The van der Waals surface area contributed by atoms with E-state index in [9.17, 15) is 4.79 Å². The number of halogens is 1. The Bertz CT molecular complexity index is 307. The van der Waals surface area contributed by atoms with Gasteiger partial charge in [0.25, 0.3) is 0 Å². The Balaban J connectivity index is -0.000000563. The molecule has 0 bridgehead atoms. The average Bonchev–Trinajstić information content (AvgIpc) is 2.17. The molecule has 91 valence electrons. The van der Waals surface area contributed by atoms with E-state index in [-0.39, 0.29) is 22.3 Å². The minimum Gasteiger partial charge on any atom is -0.412 e. The Morgan fingerprint density at radius 1 is 1.25 bits per heavy atom. The summed E-state index contributed by atoms with van der Waals surface area (Å²) in [6, 6.07) is 7.87. The van der Waals surface area contributed by atoms with Gasteiger partial charge in [-0.05, 0) is 0 Å². The minimum absolute atomic E-state index is 0. The number of anilines is 1. The Morgan fingerprint density at radius 2 is 1.69 bits per heavy atom. The van der Waals surface area contributed by atoms with Gasteiger partial charge in [-0.25, -0.2) is 0 Å². The molecule has 0 unspecified atom stereocenters. The van der Waals surface area contributed by atoms with Crippen LogP contribution in [0.2, 0.25) is 0 Å². The van der Waals surface area contributed by atoms with Crippen molar-refractivity contribution in [2.24, 2.45) is 0 Å². The van der Waals surface area contributed by atoms with E-state index in [0.717, 1.165) is 5.69 Å². The van der Waals surface area contributed by atoms with E-state index in [0.29, 0.717) is 5.33 Å². The van der Waals surface area contributed by atoms with Gasteiger partial charge in [-0.15, -0.1) is 0 Å². The summed E-state index contributed by atoms with van der Waals surface area (Å²) in [6.45, 7) is 0. The zero-order valence-electron chi connectivity index (χ0n) is 8.75. The standard InChI is InChI=1S/C9H9BrGeNO.3H2O/c1-12(9(13)6-10)8-4-2-7(11)3-5-8;;;/h2-5H,6H2,1H3;3*1H2. The first-order valence-corrected chi connectivity index (χ1v) is 5.96. The zero-order chi connectivity index (χ0) is 9.84. The second-order valence-electron chi connectivity index (χ2n) is 2.63. The van der Waals surface area contributed by atoms with E-state index < -0.39 is 0 Å². The molecule has 6 N–H and O–H groups in total. The number of carbonyl (C=O) groups excluding carboxylic acids is 1. The van der Waals surface area contributed by atoms with E-state index in [4.69, 9.17) is 0 Å². The molecule has 0 saturated heterocycles. The fraction of sp³-hybridized carbons (Fsp3) is 0.222. The van der Waals surface area contributed by atoms with Gasteiger partial charge in [-0.3, -0.25) is 0 Å². The monoisotopic (exact) mass is 354 g/mol. The number of amides is 1. The summed E-state index contributed by atoms with van der Waals surface area (Å²) < 4.78 is 1.20. The van der Waals surface area contributed by atoms with Gasteiger partial charge < -0.3 is 16.4 Å². The van der Waals surface area contributed by atoms with Crippen LogP contribution in [0.15, 0.2) is 24.3 Å². The van der Waals surface area contributed by atoms with Gasteiger partial charge >= 0.3 is 94.8 Å². The second kappa shape index (κ2) is 9.79. The van der Waals surface area contributed by atoms with Crippen molar-refractivity contribution in [2.75, 3.05) is 17.3 Å². The van der Waals surface area contributed by atoms with Gasteiger partial charge in [0.05, 0.1) is 0 Å². The second-order valence-corrected chi connectivity index (χ2v) is 4.41. The molecule has 0 aliphatic carbocycles. The van der Waals surface area contributed by atoms with Crippen LogP contribution >= 0.6 is 15.9 Å². The van der Waals surface area contributed by atoms with E-state index in [1.165, 1.54) is 4.40 Å². The van der Waals surface area contributed by atoms with Gasteiger partial charge in [-0.2, -0.15) is 0 Å². The Labute approximate surface area is 111 Å². The number of carbonyl (C=O) groups is 1. The molecule has 0 atom stereocenters. The van der Waals surface area contributed by atoms with Crippen LogP contribution in [-0.2, 0) is 4.79 Å². The summed E-state index contributed by atoms with van der Waals surface area (Å²) in [5.74, 6) is 0.0591. The van der Waals surface area contributed by atoms with Gasteiger partial charge in [0.1, 0.15) is 0 Å². The summed E-state index contributed by atoms with van der Waals surface area (Å²) in [6.07, 6.45) is 0. The summed E-state index contributed by atoms with van der Waals surface area (Å²) in [7, 11) is 1.77. The van der Waals surface area contributed by atoms with Crippen LogP contribution in [-0.4, -0.2) is 51.2 Å². The predicted molar refractivity (Wildman–Crippen MR) is 69.9 cm³/mol. The maximum atomic E-state index is 11.3. The molecule has 1 aromatic rings. The molecule has 3 radical (unpaired) electrons. The van der Waals surface area contributed by atoms with Crippen LogP contribution in [0, 0.1) is 0 Å². The van der Waals surface area contributed by atoms with Crippen LogP contribution in [0.5, 0.6) is 0 Å². The van der Waals surface area contributed by atoms with Crippen molar-refractivity contribution in [2.45, 2.75) is 0 Å².